The number of rotatable bonds is 3. The van der Waals surface area contributed by atoms with Gasteiger partial charge in [-0.25, -0.2) is 13.2 Å². The maximum Gasteiger partial charge on any atom is 0.407 e. The minimum Gasteiger partial charge on any atom is -0.441 e. The molecule has 126 valence electrons. The van der Waals surface area contributed by atoms with Crippen LogP contribution in [0.4, 0.5) is 4.79 Å². The van der Waals surface area contributed by atoms with E-state index in [9.17, 15) is 13.2 Å². The molecule has 1 aromatic carbocycles. The van der Waals surface area contributed by atoms with Crippen LogP contribution < -0.4 is 5.32 Å². The summed E-state index contributed by atoms with van der Waals surface area (Å²) in [6.45, 7) is 5.34. The number of benzene rings is 1. The second-order valence-corrected chi connectivity index (χ2v) is 8.49. The van der Waals surface area contributed by atoms with Crippen LogP contribution in [-0.2, 0) is 14.8 Å². The number of hydrogen-bond donors (Lipinski definition) is 1. The van der Waals surface area contributed by atoms with E-state index in [1.165, 1.54) is 4.31 Å². The van der Waals surface area contributed by atoms with Crippen LogP contribution in [0.15, 0.2) is 29.2 Å². The van der Waals surface area contributed by atoms with Crippen molar-refractivity contribution in [1.82, 2.24) is 9.62 Å². The van der Waals surface area contributed by atoms with Crippen molar-refractivity contribution in [1.29, 1.82) is 0 Å². The molecule has 2 aliphatic rings. The highest BCUT2D eigenvalue weighted by Gasteiger charge is 2.45. The summed E-state index contributed by atoms with van der Waals surface area (Å²) in [6.07, 6.45) is 0.634. The smallest absolute Gasteiger partial charge is 0.407 e. The Balaban J connectivity index is 1.72. The lowest BCUT2D eigenvalue weighted by Crippen LogP contribution is -2.48. The van der Waals surface area contributed by atoms with Gasteiger partial charge in [0, 0.05) is 25.9 Å². The standard InChI is InChI=1S/C16H22N2O4S/c1-12(2)13-3-5-14(6-4-13)23(20,21)18-9-7-16(8-10-18)11-17-15(19)22-16/h3-6,12H,7-11H2,1-2H3,(H,17,19). The van der Waals surface area contributed by atoms with Crippen LogP contribution in [0.2, 0.25) is 0 Å². The molecule has 2 fully saturated rings. The number of amides is 1. The summed E-state index contributed by atoms with van der Waals surface area (Å²) < 4.78 is 32.3. The Morgan fingerprint density at radius 2 is 1.78 bits per heavy atom. The van der Waals surface area contributed by atoms with E-state index in [-0.39, 0.29) is 0 Å². The van der Waals surface area contributed by atoms with Crippen molar-refractivity contribution < 1.29 is 17.9 Å². The average Bonchev–Trinajstić information content (AvgIpc) is 2.88. The maximum atomic E-state index is 12.7. The Hall–Kier alpha value is -1.60. The predicted molar refractivity (Wildman–Crippen MR) is 85.7 cm³/mol. The molecule has 0 saturated carbocycles. The van der Waals surface area contributed by atoms with Gasteiger partial charge < -0.3 is 10.1 Å². The molecule has 0 aromatic heterocycles. The topological polar surface area (TPSA) is 75.7 Å². The van der Waals surface area contributed by atoms with Gasteiger partial charge in [-0.1, -0.05) is 26.0 Å². The van der Waals surface area contributed by atoms with E-state index in [0.717, 1.165) is 5.56 Å². The molecule has 0 radical (unpaired) electrons. The summed E-state index contributed by atoms with van der Waals surface area (Å²) in [4.78, 5) is 11.6. The number of carbonyl (C=O) groups excluding carboxylic acids is 1. The zero-order valence-corrected chi connectivity index (χ0v) is 14.2. The van der Waals surface area contributed by atoms with E-state index >= 15 is 0 Å². The Bertz CT molecular complexity index is 689. The average molecular weight is 338 g/mol. The molecule has 2 aliphatic heterocycles. The first-order valence-electron chi connectivity index (χ1n) is 7.89. The van der Waals surface area contributed by atoms with Gasteiger partial charge in [-0.15, -0.1) is 0 Å². The molecular formula is C16H22N2O4S. The summed E-state index contributed by atoms with van der Waals surface area (Å²) in [7, 11) is -3.49. The van der Waals surface area contributed by atoms with Crippen molar-refractivity contribution in [3.05, 3.63) is 29.8 Å². The summed E-state index contributed by atoms with van der Waals surface area (Å²) in [5.41, 5.74) is 0.579. The quantitative estimate of drug-likeness (QED) is 0.915. The first kappa shape index (κ1) is 16.3. The van der Waals surface area contributed by atoms with Crippen molar-refractivity contribution in [3.63, 3.8) is 0 Å². The van der Waals surface area contributed by atoms with Gasteiger partial charge in [0.05, 0.1) is 11.4 Å². The molecule has 0 unspecified atom stereocenters. The summed E-state index contributed by atoms with van der Waals surface area (Å²) in [5, 5.41) is 2.65. The zero-order valence-electron chi connectivity index (χ0n) is 13.4. The Kier molecular flexibility index (Phi) is 4.10. The first-order valence-corrected chi connectivity index (χ1v) is 9.33. The fourth-order valence-electron chi connectivity index (χ4n) is 3.09. The fraction of sp³-hybridized carbons (Fsp3) is 0.562. The molecule has 0 aliphatic carbocycles. The van der Waals surface area contributed by atoms with E-state index in [0.29, 0.717) is 43.3 Å². The van der Waals surface area contributed by atoms with Crippen LogP contribution in [0.25, 0.3) is 0 Å². The van der Waals surface area contributed by atoms with Gasteiger partial charge in [-0.2, -0.15) is 4.31 Å². The van der Waals surface area contributed by atoms with Crippen molar-refractivity contribution >= 4 is 16.1 Å². The zero-order chi connectivity index (χ0) is 16.7. The third-order valence-electron chi connectivity index (χ3n) is 4.68. The minimum absolute atomic E-state index is 0.319. The molecule has 1 aromatic rings. The summed E-state index contributed by atoms with van der Waals surface area (Å²) >= 11 is 0. The Morgan fingerprint density at radius 3 is 2.26 bits per heavy atom. The van der Waals surface area contributed by atoms with Crippen molar-refractivity contribution in [2.45, 2.75) is 43.1 Å². The van der Waals surface area contributed by atoms with Crippen LogP contribution >= 0.6 is 0 Å². The molecule has 23 heavy (non-hydrogen) atoms. The van der Waals surface area contributed by atoms with E-state index in [2.05, 4.69) is 19.2 Å². The molecule has 2 saturated heterocycles. The number of nitrogens with one attached hydrogen (secondary N) is 1. The van der Waals surface area contributed by atoms with Crippen molar-refractivity contribution in [3.8, 4) is 0 Å². The van der Waals surface area contributed by atoms with E-state index in [4.69, 9.17) is 4.74 Å². The van der Waals surface area contributed by atoms with Gasteiger partial charge in [0.15, 0.2) is 0 Å². The lowest BCUT2D eigenvalue weighted by molar-refractivity contribution is 0.0173. The molecule has 0 atom stereocenters. The number of piperidine rings is 1. The van der Waals surface area contributed by atoms with Crippen LogP contribution in [0, 0.1) is 0 Å². The van der Waals surface area contributed by atoms with E-state index in [1.807, 2.05) is 12.1 Å². The Labute approximate surface area is 136 Å². The van der Waals surface area contributed by atoms with Crippen LogP contribution in [0.5, 0.6) is 0 Å². The van der Waals surface area contributed by atoms with Gasteiger partial charge in [0.2, 0.25) is 10.0 Å². The molecule has 7 heteroatoms. The highest BCUT2D eigenvalue weighted by Crippen LogP contribution is 2.32. The Morgan fingerprint density at radius 1 is 1.17 bits per heavy atom. The summed E-state index contributed by atoms with van der Waals surface area (Å²) in [5.74, 6) is 0.367. The molecule has 1 amide bonds. The number of sulfonamides is 1. The number of alkyl carbamates (subject to hydrolysis) is 1. The molecule has 6 nitrogen and oxygen atoms in total. The van der Waals surface area contributed by atoms with Crippen molar-refractivity contribution in [2.24, 2.45) is 0 Å². The number of ether oxygens (including phenoxy) is 1. The number of nitrogens with zero attached hydrogens (tertiary/aromatic N) is 1. The molecule has 1 N–H and O–H groups in total. The summed E-state index contributed by atoms with van der Waals surface area (Å²) in [6, 6.07) is 7.08. The van der Waals surface area contributed by atoms with Gasteiger partial charge in [0.1, 0.15) is 5.60 Å². The van der Waals surface area contributed by atoms with Gasteiger partial charge in [-0.3, -0.25) is 0 Å². The molecule has 1 spiro atoms. The molecule has 0 bridgehead atoms. The lowest BCUT2D eigenvalue weighted by Gasteiger charge is -2.36. The van der Waals surface area contributed by atoms with E-state index in [1.54, 1.807) is 12.1 Å². The largest absolute Gasteiger partial charge is 0.441 e. The predicted octanol–water partition coefficient (Wildman–Crippen LogP) is 2.07. The van der Waals surface area contributed by atoms with Crippen LogP contribution in [-0.4, -0.2) is 44.1 Å². The SMILES string of the molecule is CC(C)c1ccc(S(=O)(=O)N2CCC3(CC2)CNC(=O)O3)cc1. The fourth-order valence-corrected chi connectivity index (χ4v) is 4.53. The third kappa shape index (κ3) is 3.07. The number of carbonyl (C=O) groups is 1. The van der Waals surface area contributed by atoms with Crippen LogP contribution in [0.3, 0.4) is 0 Å². The van der Waals surface area contributed by atoms with Gasteiger partial charge in [-0.05, 0) is 23.6 Å². The maximum absolute atomic E-state index is 12.7. The second kappa shape index (κ2) is 5.79. The second-order valence-electron chi connectivity index (χ2n) is 6.55. The normalized spacial score (nSPS) is 21.4. The molecule has 2 heterocycles. The van der Waals surface area contributed by atoms with Gasteiger partial charge >= 0.3 is 6.09 Å². The van der Waals surface area contributed by atoms with Crippen LogP contribution in [0.1, 0.15) is 38.2 Å². The monoisotopic (exact) mass is 338 g/mol. The van der Waals surface area contributed by atoms with Crippen molar-refractivity contribution in [2.75, 3.05) is 19.6 Å². The number of hydrogen-bond acceptors (Lipinski definition) is 4. The van der Waals surface area contributed by atoms with Gasteiger partial charge in [0.25, 0.3) is 0 Å². The highest BCUT2D eigenvalue weighted by molar-refractivity contribution is 7.89. The van der Waals surface area contributed by atoms with E-state index < -0.39 is 21.7 Å². The molecule has 3 rings (SSSR count). The first-order chi connectivity index (χ1) is 10.8. The third-order valence-corrected chi connectivity index (χ3v) is 6.60. The minimum atomic E-state index is -3.49. The molecular weight excluding hydrogens is 316 g/mol. The lowest BCUT2D eigenvalue weighted by atomic mass is 9.93. The highest BCUT2D eigenvalue weighted by atomic mass is 32.2.